The van der Waals surface area contributed by atoms with Crippen molar-refractivity contribution in [3.63, 3.8) is 0 Å². The molecule has 1 saturated carbocycles. The maximum absolute atomic E-state index is 11.5. The van der Waals surface area contributed by atoms with E-state index in [-0.39, 0.29) is 5.75 Å². The van der Waals surface area contributed by atoms with E-state index in [1.807, 2.05) is 0 Å². The molecule has 0 atom stereocenters. The molecule has 1 aliphatic carbocycles. The molecular formula is C11H24N2O2S. The Balaban J connectivity index is 1.98. The number of hydrogen-bond acceptors (Lipinski definition) is 3. The fraction of sp³-hybridized carbons (Fsp3) is 1.00. The standard InChI is InChI=1S/C11H24N2O2S/c1-2-3-4-9-13-16(14,15)10-5-8-12-11-6-7-11/h11-13H,2-10H2,1H3. The minimum absolute atomic E-state index is 0.249. The summed E-state index contributed by atoms with van der Waals surface area (Å²) in [6.45, 7) is 3.52. The van der Waals surface area contributed by atoms with Gasteiger partial charge in [0.05, 0.1) is 5.75 Å². The van der Waals surface area contributed by atoms with Gasteiger partial charge in [0.2, 0.25) is 10.0 Å². The van der Waals surface area contributed by atoms with Crippen LogP contribution < -0.4 is 10.0 Å². The van der Waals surface area contributed by atoms with Gasteiger partial charge in [-0.15, -0.1) is 0 Å². The predicted octanol–water partition coefficient (Wildman–Crippen LogP) is 1.24. The molecule has 4 nitrogen and oxygen atoms in total. The Labute approximate surface area is 99.2 Å². The smallest absolute Gasteiger partial charge is 0.211 e. The highest BCUT2D eigenvalue weighted by atomic mass is 32.2. The van der Waals surface area contributed by atoms with E-state index in [0.29, 0.717) is 19.0 Å². The molecule has 5 heteroatoms. The normalized spacial score (nSPS) is 16.6. The largest absolute Gasteiger partial charge is 0.314 e. The monoisotopic (exact) mass is 248 g/mol. The number of hydrogen-bond donors (Lipinski definition) is 2. The average molecular weight is 248 g/mol. The summed E-state index contributed by atoms with van der Waals surface area (Å²) in [7, 11) is -3.03. The minimum Gasteiger partial charge on any atom is -0.314 e. The van der Waals surface area contributed by atoms with Crippen LogP contribution in [0.2, 0.25) is 0 Å². The molecule has 1 rings (SSSR count). The molecular weight excluding hydrogens is 224 g/mol. The number of sulfonamides is 1. The second-order valence-electron chi connectivity index (χ2n) is 4.50. The van der Waals surface area contributed by atoms with Gasteiger partial charge >= 0.3 is 0 Å². The van der Waals surface area contributed by atoms with E-state index >= 15 is 0 Å². The molecule has 0 bridgehead atoms. The Morgan fingerprint density at radius 1 is 1.12 bits per heavy atom. The van der Waals surface area contributed by atoms with E-state index in [0.717, 1.165) is 25.8 Å². The summed E-state index contributed by atoms with van der Waals surface area (Å²) in [5.74, 6) is 0.249. The van der Waals surface area contributed by atoms with Gasteiger partial charge in [0.1, 0.15) is 0 Å². The Hall–Kier alpha value is -0.130. The van der Waals surface area contributed by atoms with Gasteiger partial charge in [-0.05, 0) is 32.2 Å². The van der Waals surface area contributed by atoms with Crippen molar-refractivity contribution in [3.05, 3.63) is 0 Å². The highest BCUT2D eigenvalue weighted by Crippen LogP contribution is 2.18. The first-order valence-corrected chi connectivity index (χ1v) is 8.00. The zero-order valence-electron chi connectivity index (χ0n) is 10.2. The van der Waals surface area contributed by atoms with Crippen molar-refractivity contribution in [2.45, 2.75) is 51.5 Å². The molecule has 0 saturated heterocycles. The third-order valence-corrected chi connectivity index (χ3v) is 4.17. The maximum Gasteiger partial charge on any atom is 0.211 e. The minimum atomic E-state index is -3.03. The van der Waals surface area contributed by atoms with Gasteiger partial charge in [0.25, 0.3) is 0 Å². The molecule has 0 aromatic rings. The summed E-state index contributed by atoms with van der Waals surface area (Å²) >= 11 is 0. The van der Waals surface area contributed by atoms with Crippen LogP contribution in [-0.2, 0) is 10.0 Å². The molecule has 0 aromatic carbocycles. The van der Waals surface area contributed by atoms with E-state index in [9.17, 15) is 8.42 Å². The zero-order valence-corrected chi connectivity index (χ0v) is 11.0. The van der Waals surface area contributed by atoms with Gasteiger partial charge in [-0.1, -0.05) is 19.8 Å². The van der Waals surface area contributed by atoms with Crippen LogP contribution in [0.5, 0.6) is 0 Å². The molecule has 0 amide bonds. The van der Waals surface area contributed by atoms with Gasteiger partial charge < -0.3 is 5.32 Å². The van der Waals surface area contributed by atoms with E-state index in [2.05, 4.69) is 17.0 Å². The van der Waals surface area contributed by atoms with Crippen LogP contribution in [0.25, 0.3) is 0 Å². The lowest BCUT2D eigenvalue weighted by atomic mass is 10.3. The second kappa shape index (κ2) is 7.25. The van der Waals surface area contributed by atoms with Crippen LogP contribution in [0.3, 0.4) is 0 Å². The molecule has 1 fully saturated rings. The van der Waals surface area contributed by atoms with Gasteiger partial charge in [-0.25, -0.2) is 13.1 Å². The van der Waals surface area contributed by atoms with Crippen molar-refractivity contribution in [2.75, 3.05) is 18.8 Å². The third-order valence-electron chi connectivity index (χ3n) is 2.70. The highest BCUT2D eigenvalue weighted by molar-refractivity contribution is 7.89. The van der Waals surface area contributed by atoms with Crippen molar-refractivity contribution in [2.24, 2.45) is 0 Å². The number of nitrogens with one attached hydrogen (secondary N) is 2. The van der Waals surface area contributed by atoms with Gasteiger partial charge in [-0.2, -0.15) is 0 Å². The first-order valence-electron chi connectivity index (χ1n) is 6.35. The van der Waals surface area contributed by atoms with Crippen molar-refractivity contribution in [3.8, 4) is 0 Å². The fourth-order valence-corrected chi connectivity index (χ4v) is 2.65. The summed E-state index contributed by atoms with van der Waals surface area (Å²) in [4.78, 5) is 0. The molecule has 96 valence electrons. The van der Waals surface area contributed by atoms with Gasteiger partial charge in [-0.3, -0.25) is 0 Å². The van der Waals surface area contributed by atoms with Crippen LogP contribution in [0.1, 0.15) is 45.4 Å². The van der Waals surface area contributed by atoms with Crippen LogP contribution in [-0.4, -0.2) is 33.3 Å². The van der Waals surface area contributed by atoms with E-state index < -0.39 is 10.0 Å². The molecule has 0 aromatic heterocycles. The second-order valence-corrected chi connectivity index (χ2v) is 6.43. The molecule has 16 heavy (non-hydrogen) atoms. The first kappa shape index (κ1) is 13.9. The van der Waals surface area contributed by atoms with Gasteiger partial charge in [0.15, 0.2) is 0 Å². The van der Waals surface area contributed by atoms with Crippen LogP contribution in [0.15, 0.2) is 0 Å². The van der Waals surface area contributed by atoms with E-state index in [1.54, 1.807) is 0 Å². The van der Waals surface area contributed by atoms with Crippen LogP contribution in [0.4, 0.5) is 0 Å². The highest BCUT2D eigenvalue weighted by Gasteiger charge is 2.20. The Kier molecular flexibility index (Phi) is 6.31. The molecule has 0 heterocycles. The lowest BCUT2D eigenvalue weighted by molar-refractivity contribution is 0.569. The molecule has 0 unspecified atom stereocenters. The average Bonchev–Trinajstić information content (AvgIpc) is 3.04. The van der Waals surface area contributed by atoms with Gasteiger partial charge in [0, 0.05) is 12.6 Å². The predicted molar refractivity (Wildman–Crippen MR) is 67.0 cm³/mol. The lowest BCUT2D eigenvalue weighted by Crippen LogP contribution is -2.29. The van der Waals surface area contributed by atoms with Crippen molar-refractivity contribution in [1.29, 1.82) is 0 Å². The molecule has 0 spiro atoms. The lowest BCUT2D eigenvalue weighted by Gasteiger charge is -2.06. The third kappa shape index (κ3) is 7.19. The Morgan fingerprint density at radius 3 is 2.50 bits per heavy atom. The fourth-order valence-electron chi connectivity index (χ4n) is 1.53. The Morgan fingerprint density at radius 2 is 1.88 bits per heavy atom. The summed E-state index contributed by atoms with van der Waals surface area (Å²) in [6, 6.07) is 0.667. The molecule has 1 aliphatic rings. The summed E-state index contributed by atoms with van der Waals surface area (Å²) < 4.78 is 25.7. The maximum atomic E-state index is 11.5. The topological polar surface area (TPSA) is 58.2 Å². The summed E-state index contributed by atoms with van der Waals surface area (Å²) in [5.41, 5.74) is 0. The SMILES string of the molecule is CCCCCNS(=O)(=O)CCCNC1CC1. The number of rotatable bonds is 10. The molecule has 0 radical (unpaired) electrons. The van der Waals surface area contributed by atoms with E-state index in [4.69, 9.17) is 0 Å². The first-order chi connectivity index (χ1) is 7.64. The number of unbranched alkanes of at least 4 members (excludes halogenated alkanes) is 2. The van der Waals surface area contributed by atoms with Crippen molar-refractivity contribution < 1.29 is 8.42 Å². The molecule has 2 N–H and O–H groups in total. The van der Waals surface area contributed by atoms with Crippen molar-refractivity contribution in [1.82, 2.24) is 10.0 Å². The summed E-state index contributed by atoms with van der Waals surface area (Å²) in [6.07, 6.45) is 6.36. The van der Waals surface area contributed by atoms with Crippen LogP contribution >= 0.6 is 0 Å². The quantitative estimate of drug-likeness (QED) is 0.572. The zero-order chi connectivity index (χ0) is 11.9. The summed E-state index contributed by atoms with van der Waals surface area (Å²) in [5, 5.41) is 3.31. The van der Waals surface area contributed by atoms with Crippen LogP contribution in [0, 0.1) is 0 Å². The van der Waals surface area contributed by atoms with Crippen molar-refractivity contribution >= 4 is 10.0 Å². The molecule has 0 aliphatic heterocycles. The van der Waals surface area contributed by atoms with E-state index in [1.165, 1.54) is 12.8 Å². The Bertz CT molecular complexity index is 274.